The third-order valence-electron chi connectivity index (χ3n) is 3.88. The quantitative estimate of drug-likeness (QED) is 0.777. The monoisotopic (exact) mass is 296 g/mol. The Kier molecular flexibility index (Phi) is 5.57. The van der Waals surface area contributed by atoms with Crippen LogP contribution in [0.4, 0.5) is 14.5 Å². The summed E-state index contributed by atoms with van der Waals surface area (Å²) in [5.74, 6) is -0.331. The standard InChI is InChI=1S/C17H26F2N2/c1-4-20-11-13-9-15(18)17(16(19)10-13)21(14-5-6-14)8-7-12(2)3/h9-10,12,14,20H,4-8,11H2,1-3H3. The molecule has 0 heterocycles. The van der Waals surface area contributed by atoms with Crippen LogP contribution in [0.5, 0.6) is 0 Å². The molecule has 118 valence electrons. The minimum absolute atomic E-state index is 0.165. The van der Waals surface area contributed by atoms with Gasteiger partial charge in [-0.1, -0.05) is 20.8 Å². The van der Waals surface area contributed by atoms with Crippen molar-refractivity contribution in [3.05, 3.63) is 29.3 Å². The molecule has 2 rings (SSSR count). The molecule has 0 bridgehead atoms. The number of nitrogens with one attached hydrogen (secondary N) is 1. The highest BCUT2D eigenvalue weighted by atomic mass is 19.1. The fraction of sp³-hybridized carbons (Fsp3) is 0.647. The Morgan fingerprint density at radius 3 is 2.33 bits per heavy atom. The van der Waals surface area contributed by atoms with Crippen molar-refractivity contribution in [2.24, 2.45) is 5.92 Å². The van der Waals surface area contributed by atoms with Gasteiger partial charge in [0, 0.05) is 19.1 Å². The summed E-state index contributed by atoms with van der Waals surface area (Å²) in [6.45, 7) is 8.26. The number of hydrogen-bond donors (Lipinski definition) is 1. The normalized spacial score (nSPS) is 14.8. The maximum absolute atomic E-state index is 14.4. The van der Waals surface area contributed by atoms with E-state index in [2.05, 4.69) is 19.2 Å². The van der Waals surface area contributed by atoms with Crippen molar-refractivity contribution in [1.29, 1.82) is 0 Å². The second-order valence-corrected chi connectivity index (χ2v) is 6.30. The van der Waals surface area contributed by atoms with E-state index in [-0.39, 0.29) is 5.69 Å². The first-order chi connectivity index (χ1) is 10.0. The summed E-state index contributed by atoms with van der Waals surface area (Å²) in [4.78, 5) is 1.93. The smallest absolute Gasteiger partial charge is 0.149 e. The molecule has 0 unspecified atom stereocenters. The molecular formula is C17H26F2N2. The Bertz CT molecular complexity index is 447. The van der Waals surface area contributed by atoms with E-state index < -0.39 is 11.6 Å². The summed E-state index contributed by atoms with van der Waals surface area (Å²) >= 11 is 0. The highest BCUT2D eigenvalue weighted by Crippen LogP contribution is 2.35. The zero-order valence-electron chi connectivity index (χ0n) is 13.3. The maximum atomic E-state index is 14.4. The van der Waals surface area contributed by atoms with Crippen LogP contribution in [0.25, 0.3) is 0 Å². The molecule has 21 heavy (non-hydrogen) atoms. The molecule has 0 spiro atoms. The van der Waals surface area contributed by atoms with Crippen LogP contribution >= 0.6 is 0 Å². The van der Waals surface area contributed by atoms with Crippen LogP contribution in [0.3, 0.4) is 0 Å². The van der Waals surface area contributed by atoms with Crippen molar-refractivity contribution in [1.82, 2.24) is 5.32 Å². The molecule has 2 nitrogen and oxygen atoms in total. The lowest BCUT2D eigenvalue weighted by Gasteiger charge is -2.27. The van der Waals surface area contributed by atoms with E-state index in [0.29, 0.717) is 24.1 Å². The number of hydrogen-bond acceptors (Lipinski definition) is 2. The lowest BCUT2D eigenvalue weighted by molar-refractivity contribution is 0.535. The first kappa shape index (κ1) is 16.2. The van der Waals surface area contributed by atoms with Gasteiger partial charge in [0.1, 0.15) is 17.3 Å². The van der Waals surface area contributed by atoms with E-state index in [4.69, 9.17) is 0 Å². The lowest BCUT2D eigenvalue weighted by atomic mass is 10.1. The van der Waals surface area contributed by atoms with E-state index in [1.807, 2.05) is 11.8 Å². The van der Waals surface area contributed by atoms with E-state index in [0.717, 1.165) is 32.4 Å². The molecule has 1 aromatic rings. The highest BCUT2D eigenvalue weighted by molar-refractivity contribution is 5.52. The zero-order chi connectivity index (χ0) is 15.4. The number of rotatable bonds is 8. The van der Waals surface area contributed by atoms with Gasteiger partial charge in [0.05, 0.1) is 0 Å². The molecule has 1 aliphatic carbocycles. The Morgan fingerprint density at radius 2 is 1.86 bits per heavy atom. The summed E-state index contributed by atoms with van der Waals surface area (Å²) in [5.41, 5.74) is 0.827. The summed E-state index contributed by atoms with van der Waals surface area (Å²) < 4.78 is 28.8. The molecule has 0 saturated heterocycles. The number of nitrogens with zero attached hydrogens (tertiary/aromatic N) is 1. The van der Waals surface area contributed by atoms with Gasteiger partial charge in [0.25, 0.3) is 0 Å². The predicted molar refractivity (Wildman–Crippen MR) is 83.6 cm³/mol. The number of anilines is 1. The highest BCUT2D eigenvalue weighted by Gasteiger charge is 2.32. The van der Waals surface area contributed by atoms with Crippen LogP contribution in [0, 0.1) is 17.6 Å². The van der Waals surface area contributed by atoms with Crippen LogP contribution in [0.2, 0.25) is 0 Å². The average molecular weight is 296 g/mol. The topological polar surface area (TPSA) is 15.3 Å². The molecule has 1 N–H and O–H groups in total. The third kappa shape index (κ3) is 4.40. The largest absolute Gasteiger partial charge is 0.364 e. The van der Waals surface area contributed by atoms with Gasteiger partial charge in [-0.3, -0.25) is 0 Å². The van der Waals surface area contributed by atoms with Crippen molar-refractivity contribution < 1.29 is 8.78 Å². The third-order valence-corrected chi connectivity index (χ3v) is 3.88. The van der Waals surface area contributed by atoms with Crippen LogP contribution in [0.15, 0.2) is 12.1 Å². The summed E-state index contributed by atoms with van der Waals surface area (Å²) in [7, 11) is 0. The molecule has 0 aromatic heterocycles. The van der Waals surface area contributed by atoms with Gasteiger partial charge in [0.2, 0.25) is 0 Å². The van der Waals surface area contributed by atoms with Crippen LogP contribution in [0.1, 0.15) is 45.6 Å². The molecule has 0 amide bonds. The molecule has 0 atom stereocenters. The van der Waals surface area contributed by atoms with Crippen molar-refractivity contribution in [3.63, 3.8) is 0 Å². The molecule has 0 radical (unpaired) electrons. The van der Waals surface area contributed by atoms with Crippen LogP contribution in [-0.4, -0.2) is 19.1 Å². The second-order valence-electron chi connectivity index (χ2n) is 6.30. The molecule has 1 aliphatic rings. The Balaban J connectivity index is 2.19. The zero-order valence-corrected chi connectivity index (χ0v) is 13.3. The van der Waals surface area contributed by atoms with Crippen molar-refractivity contribution in [2.75, 3.05) is 18.0 Å². The SMILES string of the molecule is CCNCc1cc(F)c(N(CCC(C)C)C2CC2)c(F)c1. The Hall–Kier alpha value is -1.16. The molecule has 1 aromatic carbocycles. The van der Waals surface area contributed by atoms with Gasteiger partial charge < -0.3 is 10.2 Å². The first-order valence-electron chi connectivity index (χ1n) is 7.98. The van der Waals surface area contributed by atoms with Gasteiger partial charge in [-0.05, 0) is 49.4 Å². The minimum Gasteiger partial charge on any atom is -0.364 e. The van der Waals surface area contributed by atoms with Crippen LogP contribution in [-0.2, 0) is 6.54 Å². The van der Waals surface area contributed by atoms with Crippen molar-refractivity contribution >= 4 is 5.69 Å². The van der Waals surface area contributed by atoms with Gasteiger partial charge in [-0.15, -0.1) is 0 Å². The minimum atomic E-state index is -0.432. The van der Waals surface area contributed by atoms with Gasteiger partial charge >= 0.3 is 0 Å². The molecule has 1 saturated carbocycles. The van der Waals surface area contributed by atoms with E-state index >= 15 is 0 Å². The summed E-state index contributed by atoms with van der Waals surface area (Å²) in [6.07, 6.45) is 3.03. The predicted octanol–water partition coefficient (Wildman–Crippen LogP) is 4.09. The van der Waals surface area contributed by atoms with Crippen LogP contribution < -0.4 is 10.2 Å². The number of benzene rings is 1. The second kappa shape index (κ2) is 7.21. The van der Waals surface area contributed by atoms with E-state index in [1.54, 1.807) is 0 Å². The maximum Gasteiger partial charge on any atom is 0.149 e. The fourth-order valence-electron chi connectivity index (χ4n) is 2.52. The molecular weight excluding hydrogens is 270 g/mol. The first-order valence-corrected chi connectivity index (χ1v) is 7.98. The van der Waals surface area contributed by atoms with Gasteiger partial charge in [-0.25, -0.2) is 8.78 Å². The molecule has 0 aliphatic heterocycles. The van der Waals surface area contributed by atoms with E-state index in [9.17, 15) is 8.78 Å². The lowest BCUT2D eigenvalue weighted by Crippen LogP contribution is -2.29. The van der Waals surface area contributed by atoms with E-state index in [1.165, 1.54) is 12.1 Å². The Morgan fingerprint density at radius 1 is 1.24 bits per heavy atom. The van der Waals surface area contributed by atoms with Crippen molar-refractivity contribution in [3.8, 4) is 0 Å². The summed E-state index contributed by atoms with van der Waals surface area (Å²) in [6, 6.07) is 3.24. The number of halogens is 2. The Labute approximate surface area is 126 Å². The molecule has 4 heteroatoms. The van der Waals surface area contributed by atoms with Crippen molar-refractivity contribution in [2.45, 2.75) is 52.6 Å². The van der Waals surface area contributed by atoms with Gasteiger partial charge in [-0.2, -0.15) is 0 Å². The van der Waals surface area contributed by atoms with Gasteiger partial charge in [0.15, 0.2) is 0 Å². The average Bonchev–Trinajstić information content (AvgIpc) is 3.23. The summed E-state index contributed by atoms with van der Waals surface area (Å²) in [5, 5.41) is 3.10. The molecule has 1 fully saturated rings. The fourth-order valence-corrected chi connectivity index (χ4v) is 2.52.